The maximum absolute atomic E-state index is 14.7. The Morgan fingerprint density at radius 2 is 1.26 bits per heavy atom. The first-order chi connectivity index (χ1) is 16.5. The van der Waals surface area contributed by atoms with Crippen LogP contribution in [0.1, 0.15) is 54.1 Å². The van der Waals surface area contributed by atoms with Crippen molar-refractivity contribution in [1.29, 1.82) is 0 Å². The molecule has 0 radical (unpaired) electrons. The van der Waals surface area contributed by atoms with Crippen molar-refractivity contribution in [2.75, 3.05) is 0 Å². The summed E-state index contributed by atoms with van der Waals surface area (Å²) in [6.45, 7) is 12.7. The highest BCUT2D eigenvalue weighted by atomic mass is 31.2. The Balaban J connectivity index is 2.17. The molecule has 3 aromatic rings. The van der Waals surface area contributed by atoms with E-state index in [0.29, 0.717) is 27.8 Å². The summed E-state index contributed by atoms with van der Waals surface area (Å²) in [5, 5.41) is 2.93. The molecule has 0 aromatic heterocycles. The van der Waals surface area contributed by atoms with Gasteiger partial charge in [0.25, 0.3) is 0 Å². The second-order valence-corrected chi connectivity index (χ2v) is 11.4. The lowest BCUT2D eigenvalue weighted by Gasteiger charge is -2.21. The zero-order valence-electron chi connectivity index (χ0n) is 20.8. The van der Waals surface area contributed by atoms with Gasteiger partial charge in [0.1, 0.15) is 0 Å². The molecule has 6 heteroatoms. The average molecular weight is 488 g/mol. The van der Waals surface area contributed by atoms with Crippen molar-refractivity contribution >= 4 is 29.4 Å². The Bertz CT molecular complexity index is 1340. The molecule has 3 aromatic carbocycles. The summed E-state index contributed by atoms with van der Waals surface area (Å²) < 4.78 is 14.7. The van der Waals surface area contributed by atoms with E-state index in [0.717, 1.165) is 11.1 Å². The zero-order chi connectivity index (χ0) is 25.9. The van der Waals surface area contributed by atoms with E-state index in [1.807, 2.05) is 19.1 Å². The van der Waals surface area contributed by atoms with Gasteiger partial charge in [-0.15, -0.1) is 0 Å². The monoisotopic (exact) mass is 487 g/mol. The predicted octanol–water partition coefficient (Wildman–Crippen LogP) is 5.70. The Labute approximate surface area is 206 Å². The molecular formula is C29H30NO4P. The second kappa shape index (κ2) is 10.4. The third kappa shape index (κ3) is 5.11. The predicted molar refractivity (Wildman–Crippen MR) is 141 cm³/mol. The van der Waals surface area contributed by atoms with Crippen LogP contribution in [0, 0.1) is 34.6 Å². The highest BCUT2D eigenvalue weighted by Crippen LogP contribution is 2.52. The Morgan fingerprint density at radius 3 is 1.71 bits per heavy atom. The normalized spacial score (nSPS) is 12.5. The van der Waals surface area contributed by atoms with Crippen LogP contribution in [-0.2, 0) is 15.9 Å². The third-order valence-corrected chi connectivity index (χ3v) is 8.66. The van der Waals surface area contributed by atoms with Crippen LogP contribution < -0.4 is 10.6 Å². The van der Waals surface area contributed by atoms with Crippen LogP contribution in [0.3, 0.4) is 0 Å². The highest BCUT2D eigenvalue weighted by molar-refractivity contribution is 8.01. The van der Waals surface area contributed by atoms with Crippen LogP contribution in [0.15, 0.2) is 67.3 Å². The lowest BCUT2D eigenvalue weighted by Crippen LogP contribution is -2.23. The Hall–Kier alpha value is -3.56. The average Bonchev–Trinajstić information content (AvgIpc) is 2.81. The molecule has 35 heavy (non-hydrogen) atoms. The van der Waals surface area contributed by atoms with Crippen molar-refractivity contribution in [3.63, 3.8) is 0 Å². The van der Waals surface area contributed by atoms with E-state index < -0.39 is 18.2 Å². The molecule has 0 aliphatic heterocycles. The van der Waals surface area contributed by atoms with Gasteiger partial charge in [-0.05, 0) is 68.5 Å². The SMILES string of the molecule is C=CC(=O)NCc1cc(C)c(C(=O)P(=O)(C(=O)c2c(C)cc(C)cc2C)c2ccccc2)c(C)c1. The summed E-state index contributed by atoms with van der Waals surface area (Å²) in [5.41, 5.74) is 3.63. The van der Waals surface area contributed by atoms with Gasteiger partial charge >= 0.3 is 0 Å². The first-order valence-corrected chi connectivity index (χ1v) is 13.0. The summed E-state index contributed by atoms with van der Waals surface area (Å²) in [5.74, 6) is -0.302. The van der Waals surface area contributed by atoms with Gasteiger partial charge in [-0.2, -0.15) is 0 Å². The van der Waals surface area contributed by atoms with Gasteiger partial charge in [-0.3, -0.25) is 14.4 Å². The molecule has 0 heterocycles. The molecular weight excluding hydrogens is 457 g/mol. The molecule has 3 rings (SSSR count). The van der Waals surface area contributed by atoms with Gasteiger partial charge in [0.2, 0.25) is 24.1 Å². The fraction of sp³-hybridized carbons (Fsp3) is 0.207. The van der Waals surface area contributed by atoms with Crippen LogP contribution in [0.2, 0.25) is 0 Å². The Kier molecular flexibility index (Phi) is 7.72. The molecule has 0 fully saturated rings. The van der Waals surface area contributed by atoms with Gasteiger partial charge in [-0.25, -0.2) is 0 Å². The van der Waals surface area contributed by atoms with Gasteiger partial charge in [0.05, 0.1) is 0 Å². The number of aryl methyl sites for hydroxylation is 5. The van der Waals surface area contributed by atoms with Crippen LogP contribution in [0.4, 0.5) is 0 Å². The summed E-state index contributed by atoms with van der Waals surface area (Å²) in [4.78, 5) is 39.6. The molecule has 0 saturated heterocycles. The smallest absolute Gasteiger partial charge is 0.248 e. The third-order valence-electron chi connectivity index (χ3n) is 6.04. The van der Waals surface area contributed by atoms with Gasteiger partial charge < -0.3 is 9.88 Å². The fourth-order valence-electron chi connectivity index (χ4n) is 4.55. The first kappa shape index (κ1) is 26.1. The number of amides is 1. The van der Waals surface area contributed by atoms with E-state index in [1.165, 1.54) is 6.08 Å². The molecule has 1 N–H and O–H groups in total. The molecule has 180 valence electrons. The molecule has 1 atom stereocenters. The van der Waals surface area contributed by atoms with Crippen LogP contribution in [0.5, 0.6) is 0 Å². The first-order valence-electron chi connectivity index (χ1n) is 11.3. The van der Waals surface area contributed by atoms with Gasteiger partial charge in [-0.1, -0.05) is 66.7 Å². The van der Waals surface area contributed by atoms with Crippen molar-refractivity contribution in [2.24, 2.45) is 0 Å². The van der Waals surface area contributed by atoms with E-state index in [1.54, 1.807) is 70.2 Å². The van der Waals surface area contributed by atoms with Gasteiger partial charge in [0.15, 0.2) is 0 Å². The van der Waals surface area contributed by atoms with Crippen LogP contribution >= 0.6 is 7.14 Å². The number of carbonyl (C=O) groups excluding carboxylic acids is 3. The molecule has 0 saturated carbocycles. The minimum atomic E-state index is -4.23. The number of rotatable bonds is 8. The lowest BCUT2D eigenvalue weighted by molar-refractivity contribution is -0.116. The van der Waals surface area contributed by atoms with Crippen molar-refractivity contribution < 1.29 is 18.9 Å². The minimum Gasteiger partial charge on any atom is -0.348 e. The fourth-order valence-corrected chi connectivity index (χ4v) is 7.13. The highest BCUT2D eigenvalue weighted by Gasteiger charge is 2.44. The van der Waals surface area contributed by atoms with Crippen LogP contribution in [-0.4, -0.2) is 17.0 Å². The summed E-state index contributed by atoms with van der Waals surface area (Å²) in [7, 11) is -4.23. The van der Waals surface area contributed by atoms with E-state index in [-0.39, 0.29) is 23.3 Å². The maximum Gasteiger partial charge on any atom is 0.248 e. The molecule has 5 nitrogen and oxygen atoms in total. The maximum atomic E-state index is 14.7. The van der Waals surface area contributed by atoms with Gasteiger partial charge in [0, 0.05) is 23.0 Å². The largest absolute Gasteiger partial charge is 0.348 e. The summed E-state index contributed by atoms with van der Waals surface area (Å²) in [6.07, 6.45) is 1.19. The number of benzene rings is 3. The zero-order valence-corrected chi connectivity index (χ0v) is 21.7. The molecule has 1 amide bonds. The number of hydrogen-bond donors (Lipinski definition) is 1. The quantitative estimate of drug-likeness (QED) is 0.327. The second-order valence-electron chi connectivity index (χ2n) is 8.86. The Morgan fingerprint density at radius 1 is 0.800 bits per heavy atom. The number of carbonyl (C=O) groups is 3. The lowest BCUT2D eigenvalue weighted by atomic mass is 10.00. The molecule has 0 aliphatic carbocycles. The van der Waals surface area contributed by atoms with E-state index >= 15 is 0 Å². The number of nitrogens with one attached hydrogen (secondary N) is 1. The standard InChI is InChI=1S/C29H30NO4P/c1-7-25(31)30-17-23-15-21(5)27(22(6)16-23)29(33)35(34,24-11-9-8-10-12-24)28(32)26-19(3)13-18(2)14-20(26)4/h7-16H,1,17H2,2-6H3,(H,30,31). The molecule has 0 aliphatic rings. The van der Waals surface area contributed by atoms with Crippen molar-refractivity contribution in [3.05, 3.63) is 112 Å². The van der Waals surface area contributed by atoms with E-state index in [4.69, 9.17) is 0 Å². The van der Waals surface area contributed by atoms with Crippen molar-refractivity contribution in [3.8, 4) is 0 Å². The van der Waals surface area contributed by atoms with E-state index in [2.05, 4.69) is 11.9 Å². The summed E-state index contributed by atoms with van der Waals surface area (Å²) >= 11 is 0. The van der Waals surface area contributed by atoms with Crippen molar-refractivity contribution in [1.82, 2.24) is 5.32 Å². The van der Waals surface area contributed by atoms with Crippen molar-refractivity contribution in [2.45, 2.75) is 41.2 Å². The van der Waals surface area contributed by atoms with Crippen LogP contribution in [0.25, 0.3) is 0 Å². The molecule has 0 bridgehead atoms. The summed E-state index contributed by atoms with van der Waals surface area (Å²) in [6, 6.07) is 15.6. The minimum absolute atomic E-state index is 0.218. The number of hydrogen-bond acceptors (Lipinski definition) is 4. The topological polar surface area (TPSA) is 80.3 Å². The molecule has 1 unspecified atom stereocenters. The molecule has 0 spiro atoms. The van der Waals surface area contributed by atoms with E-state index in [9.17, 15) is 18.9 Å².